The van der Waals surface area contributed by atoms with Crippen LogP contribution in [-0.4, -0.2) is 23.7 Å². The van der Waals surface area contributed by atoms with Gasteiger partial charge in [-0.25, -0.2) is 4.79 Å². The van der Waals surface area contributed by atoms with E-state index >= 15 is 0 Å². The van der Waals surface area contributed by atoms with Gasteiger partial charge >= 0.3 is 12.1 Å². The van der Waals surface area contributed by atoms with Crippen molar-refractivity contribution in [3.05, 3.63) is 29.8 Å². The van der Waals surface area contributed by atoms with Gasteiger partial charge < -0.3 is 15.6 Å². The Kier molecular flexibility index (Phi) is 4.55. The standard InChI is InChI=1S/C11H12F3NO3/c12-11(13,14)7-3-1-2-4-8(7)18-9(5-6-15)10(16)17/h1-4,9H,5-6,15H2,(H,16,17). The SMILES string of the molecule is NCCC(Oc1ccccc1C(F)(F)F)C(=O)O. The number of carboxylic acid groups (broad SMARTS) is 1. The molecule has 0 heterocycles. The molecule has 3 N–H and O–H groups in total. The van der Waals surface area contributed by atoms with Crippen LogP contribution in [0.15, 0.2) is 24.3 Å². The summed E-state index contributed by atoms with van der Waals surface area (Å²) in [5, 5.41) is 8.80. The largest absolute Gasteiger partial charge is 0.479 e. The number of para-hydroxylation sites is 1. The Morgan fingerprint density at radius 2 is 2.00 bits per heavy atom. The van der Waals surface area contributed by atoms with Crippen LogP contribution in [0.25, 0.3) is 0 Å². The number of halogens is 3. The first-order valence-electron chi connectivity index (χ1n) is 5.12. The molecule has 0 bridgehead atoms. The zero-order valence-electron chi connectivity index (χ0n) is 9.28. The van der Waals surface area contributed by atoms with E-state index in [0.29, 0.717) is 0 Å². The van der Waals surface area contributed by atoms with Gasteiger partial charge in [0.1, 0.15) is 5.75 Å². The lowest BCUT2D eigenvalue weighted by molar-refractivity contribution is -0.148. The Morgan fingerprint density at radius 3 is 2.50 bits per heavy atom. The summed E-state index contributed by atoms with van der Waals surface area (Å²) in [5.41, 5.74) is 4.17. The minimum Gasteiger partial charge on any atom is -0.479 e. The van der Waals surface area contributed by atoms with Gasteiger partial charge in [0, 0.05) is 6.42 Å². The molecule has 4 nitrogen and oxygen atoms in total. The fourth-order valence-corrected chi connectivity index (χ4v) is 1.34. The molecule has 1 atom stereocenters. The number of hydrogen-bond donors (Lipinski definition) is 2. The highest BCUT2D eigenvalue weighted by Gasteiger charge is 2.35. The van der Waals surface area contributed by atoms with Gasteiger partial charge in [-0.3, -0.25) is 0 Å². The molecular weight excluding hydrogens is 251 g/mol. The molecule has 0 radical (unpaired) electrons. The molecule has 100 valence electrons. The van der Waals surface area contributed by atoms with E-state index in [0.717, 1.165) is 12.1 Å². The quantitative estimate of drug-likeness (QED) is 0.850. The van der Waals surface area contributed by atoms with E-state index in [1.807, 2.05) is 0 Å². The normalized spacial score (nSPS) is 13.1. The maximum Gasteiger partial charge on any atom is 0.419 e. The van der Waals surface area contributed by atoms with Gasteiger partial charge in [0.05, 0.1) is 5.56 Å². The molecule has 1 aromatic rings. The molecule has 1 aromatic carbocycles. The van der Waals surface area contributed by atoms with Crippen molar-refractivity contribution in [2.45, 2.75) is 18.7 Å². The minimum absolute atomic E-state index is 0.00511. The predicted molar refractivity (Wildman–Crippen MR) is 57.2 cm³/mol. The van der Waals surface area contributed by atoms with Crippen LogP contribution in [0.2, 0.25) is 0 Å². The Balaban J connectivity index is 2.99. The zero-order valence-corrected chi connectivity index (χ0v) is 9.28. The molecule has 1 unspecified atom stereocenters. The Hall–Kier alpha value is -1.76. The summed E-state index contributed by atoms with van der Waals surface area (Å²) in [6.45, 7) is 0.00511. The molecule has 0 fully saturated rings. The fraction of sp³-hybridized carbons (Fsp3) is 0.364. The summed E-state index contributed by atoms with van der Waals surface area (Å²) in [4.78, 5) is 10.8. The lowest BCUT2D eigenvalue weighted by Gasteiger charge is -2.18. The van der Waals surface area contributed by atoms with Crippen molar-refractivity contribution in [2.24, 2.45) is 5.73 Å². The predicted octanol–water partition coefficient (Wildman–Crippen LogP) is 1.89. The summed E-state index contributed by atoms with van der Waals surface area (Å²) < 4.78 is 42.8. The first kappa shape index (κ1) is 14.3. The average Bonchev–Trinajstić information content (AvgIpc) is 2.27. The summed E-state index contributed by atoms with van der Waals surface area (Å²) in [5.74, 6) is -1.86. The molecule has 18 heavy (non-hydrogen) atoms. The zero-order chi connectivity index (χ0) is 13.8. The lowest BCUT2D eigenvalue weighted by Crippen LogP contribution is -2.30. The number of alkyl halides is 3. The van der Waals surface area contributed by atoms with Crippen LogP contribution in [0.4, 0.5) is 13.2 Å². The first-order chi connectivity index (χ1) is 8.36. The maximum atomic E-state index is 12.6. The Bertz CT molecular complexity index is 420. The molecule has 0 saturated carbocycles. The van der Waals surface area contributed by atoms with Crippen molar-refractivity contribution >= 4 is 5.97 Å². The summed E-state index contributed by atoms with van der Waals surface area (Å²) in [7, 11) is 0. The number of hydrogen-bond acceptors (Lipinski definition) is 3. The van der Waals surface area contributed by atoms with Crippen LogP contribution in [0.1, 0.15) is 12.0 Å². The Morgan fingerprint density at radius 1 is 1.39 bits per heavy atom. The van der Waals surface area contributed by atoms with Gasteiger partial charge in [-0.1, -0.05) is 12.1 Å². The Labute approximate surface area is 101 Å². The van der Waals surface area contributed by atoms with Crippen molar-refractivity contribution in [2.75, 3.05) is 6.54 Å². The van der Waals surface area contributed by atoms with Crippen LogP contribution in [0.3, 0.4) is 0 Å². The monoisotopic (exact) mass is 263 g/mol. The van der Waals surface area contributed by atoms with E-state index in [2.05, 4.69) is 0 Å². The highest BCUT2D eigenvalue weighted by Crippen LogP contribution is 2.36. The van der Waals surface area contributed by atoms with E-state index in [-0.39, 0.29) is 13.0 Å². The highest BCUT2D eigenvalue weighted by molar-refractivity contribution is 5.72. The summed E-state index contributed by atoms with van der Waals surface area (Å²) >= 11 is 0. The van der Waals surface area contributed by atoms with Gasteiger partial charge in [-0.15, -0.1) is 0 Å². The van der Waals surface area contributed by atoms with Crippen molar-refractivity contribution in [3.63, 3.8) is 0 Å². The van der Waals surface area contributed by atoms with Gasteiger partial charge in [0.25, 0.3) is 0 Å². The number of aliphatic carboxylic acids is 1. The van der Waals surface area contributed by atoms with Crippen LogP contribution in [0, 0.1) is 0 Å². The van der Waals surface area contributed by atoms with E-state index in [1.165, 1.54) is 12.1 Å². The first-order valence-corrected chi connectivity index (χ1v) is 5.12. The molecule has 0 amide bonds. The number of carboxylic acids is 1. The van der Waals surface area contributed by atoms with Crippen LogP contribution in [-0.2, 0) is 11.0 Å². The van der Waals surface area contributed by atoms with E-state index < -0.39 is 29.6 Å². The van der Waals surface area contributed by atoms with E-state index in [1.54, 1.807) is 0 Å². The van der Waals surface area contributed by atoms with Crippen LogP contribution >= 0.6 is 0 Å². The number of nitrogens with two attached hydrogens (primary N) is 1. The number of carbonyl (C=O) groups is 1. The van der Waals surface area contributed by atoms with Crippen LogP contribution in [0.5, 0.6) is 5.75 Å². The minimum atomic E-state index is -4.59. The number of benzene rings is 1. The van der Waals surface area contributed by atoms with Crippen LogP contribution < -0.4 is 10.5 Å². The second-order valence-corrected chi connectivity index (χ2v) is 3.52. The molecule has 0 saturated heterocycles. The smallest absolute Gasteiger partial charge is 0.419 e. The third-order valence-corrected chi connectivity index (χ3v) is 2.17. The fourth-order valence-electron chi connectivity index (χ4n) is 1.34. The van der Waals surface area contributed by atoms with E-state index in [9.17, 15) is 18.0 Å². The van der Waals surface area contributed by atoms with Crippen molar-refractivity contribution in [1.29, 1.82) is 0 Å². The molecule has 0 aliphatic heterocycles. The maximum absolute atomic E-state index is 12.6. The molecule has 1 rings (SSSR count). The molecular formula is C11H12F3NO3. The average molecular weight is 263 g/mol. The highest BCUT2D eigenvalue weighted by atomic mass is 19.4. The van der Waals surface area contributed by atoms with Gasteiger partial charge in [0.15, 0.2) is 6.10 Å². The van der Waals surface area contributed by atoms with Gasteiger partial charge in [-0.2, -0.15) is 13.2 Å². The van der Waals surface area contributed by atoms with Crippen molar-refractivity contribution in [1.82, 2.24) is 0 Å². The third kappa shape index (κ3) is 3.63. The van der Waals surface area contributed by atoms with Gasteiger partial charge in [0.2, 0.25) is 0 Å². The molecule has 0 aliphatic carbocycles. The molecule has 0 aliphatic rings. The topological polar surface area (TPSA) is 72.5 Å². The van der Waals surface area contributed by atoms with Gasteiger partial charge in [-0.05, 0) is 18.7 Å². The second-order valence-electron chi connectivity index (χ2n) is 3.52. The summed E-state index contributed by atoms with van der Waals surface area (Å²) in [6, 6.07) is 4.45. The third-order valence-electron chi connectivity index (χ3n) is 2.17. The lowest BCUT2D eigenvalue weighted by atomic mass is 10.2. The molecule has 7 heteroatoms. The van der Waals surface area contributed by atoms with E-state index in [4.69, 9.17) is 15.6 Å². The molecule has 0 aromatic heterocycles. The summed E-state index contributed by atoms with van der Waals surface area (Å²) in [6.07, 6.45) is -6.05. The number of ether oxygens (including phenoxy) is 1. The number of rotatable bonds is 5. The van der Waals surface area contributed by atoms with Crippen molar-refractivity contribution < 1.29 is 27.8 Å². The molecule has 0 spiro atoms. The van der Waals surface area contributed by atoms with Crippen molar-refractivity contribution in [3.8, 4) is 5.75 Å². The second kappa shape index (κ2) is 5.72.